The van der Waals surface area contributed by atoms with Crippen molar-refractivity contribution in [2.24, 2.45) is 0 Å². The van der Waals surface area contributed by atoms with Gasteiger partial charge in [-0.1, -0.05) is 30.1 Å². The van der Waals surface area contributed by atoms with Crippen LogP contribution >= 0.6 is 0 Å². The van der Waals surface area contributed by atoms with Crippen molar-refractivity contribution < 1.29 is 28.1 Å². The summed E-state index contributed by atoms with van der Waals surface area (Å²) in [6.45, 7) is 1.15. The summed E-state index contributed by atoms with van der Waals surface area (Å²) in [4.78, 5) is 45.8. The molecule has 2 aliphatic rings. The minimum absolute atomic E-state index is 0.158. The van der Waals surface area contributed by atoms with Gasteiger partial charge in [0.05, 0.1) is 34.3 Å². The molecule has 10 heteroatoms. The number of aromatic nitrogens is 2. The van der Waals surface area contributed by atoms with E-state index >= 15 is 0 Å². The standard InChI is InChI=1S/C26H22N4O6/c1-15-22-16(13-18(20-9-6-12-34-20)27-23(22)36-29-15)24(32)35-14-21(31)30-19-8-3-2-7-17(19)28-25(33)26(30)10-4-5-11-26/h2-3,6-9,12-13H,4-5,10-11,14H2,1H3,(H,28,33). The van der Waals surface area contributed by atoms with Crippen LogP contribution in [0.15, 0.2) is 57.7 Å². The molecule has 2 amide bonds. The molecule has 182 valence electrons. The molecule has 6 rings (SSSR count). The minimum Gasteiger partial charge on any atom is -0.463 e. The van der Waals surface area contributed by atoms with E-state index in [0.717, 1.165) is 12.8 Å². The Morgan fingerprint density at radius 1 is 1.17 bits per heavy atom. The van der Waals surface area contributed by atoms with E-state index in [2.05, 4.69) is 15.5 Å². The van der Waals surface area contributed by atoms with Crippen molar-refractivity contribution in [1.29, 1.82) is 0 Å². The molecule has 0 atom stereocenters. The number of nitrogens with zero attached hydrogens (tertiary/aromatic N) is 3. The molecule has 4 aromatic rings. The quantitative estimate of drug-likeness (QED) is 0.424. The number of ether oxygens (including phenoxy) is 1. The molecule has 0 bridgehead atoms. The number of carbonyl (C=O) groups excluding carboxylic acids is 3. The smallest absolute Gasteiger partial charge is 0.339 e. The van der Waals surface area contributed by atoms with Gasteiger partial charge in [-0.05, 0) is 50.1 Å². The number of aryl methyl sites for hydroxylation is 1. The maximum atomic E-state index is 13.5. The summed E-state index contributed by atoms with van der Waals surface area (Å²) in [5.41, 5.74) is 1.32. The van der Waals surface area contributed by atoms with Crippen molar-refractivity contribution in [3.8, 4) is 11.5 Å². The van der Waals surface area contributed by atoms with Gasteiger partial charge >= 0.3 is 5.97 Å². The van der Waals surface area contributed by atoms with Gasteiger partial charge < -0.3 is 19.0 Å². The van der Waals surface area contributed by atoms with Crippen LogP contribution in [0.4, 0.5) is 11.4 Å². The Balaban J connectivity index is 1.31. The van der Waals surface area contributed by atoms with Crippen LogP contribution < -0.4 is 10.2 Å². The Bertz CT molecular complexity index is 1500. The van der Waals surface area contributed by atoms with E-state index in [9.17, 15) is 14.4 Å². The number of furan rings is 1. The Hall–Kier alpha value is -4.47. The Labute approximate surface area is 205 Å². The van der Waals surface area contributed by atoms with Crippen molar-refractivity contribution in [3.63, 3.8) is 0 Å². The van der Waals surface area contributed by atoms with Crippen molar-refractivity contribution in [2.45, 2.75) is 38.1 Å². The van der Waals surface area contributed by atoms with Crippen LogP contribution in [0.3, 0.4) is 0 Å². The highest BCUT2D eigenvalue weighted by atomic mass is 16.5. The summed E-state index contributed by atoms with van der Waals surface area (Å²) < 4.78 is 16.2. The third-order valence-electron chi connectivity index (χ3n) is 6.86. The number of rotatable bonds is 4. The molecular formula is C26H22N4O6. The number of fused-ring (bicyclic) bond motifs is 2. The molecule has 1 aliphatic carbocycles. The Kier molecular flexibility index (Phi) is 5.10. The zero-order valence-electron chi connectivity index (χ0n) is 19.4. The maximum Gasteiger partial charge on any atom is 0.339 e. The molecule has 36 heavy (non-hydrogen) atoms. The summed E-state index contributed by atoms with van der Waals surface area (Å²) in [7, 11) is 0. The maximum absolute atomic E-state index is 13.5. The molecule has 0 unspecified atom stereocenters. The number of benzene rings is 1. The second-order valence-electron chi connectivity index (χ2n) is 9.00. The summed E-state index contributed by atoms with van der Waals surface area (Å²) in [6, 6.07) is 12.1. The number of nitrogens with one attached hydrogen (secondary N) is 1. The number of carbonyl (C=O) groups is 3. The van der Waals surface area contributed by atoms with Crippen molar-refractivity contribution in [1.82, 2.24) is 10.1 Å². The molecular weight excluding hydrogens is 464 g/mol. The molecule has 1 N–H and O–H groups in total. The number of amides is 2. The van der Waals surface area contributed by atoms with E-state index < -0.39 is 24.0 Å². The molecule has 4 heterocycles. The molecule has 0 saturated heterocycles. The highest BCUT2D eigenvalue weighted by Crippen LogP contribution is 2.45. The molecule has 1 aliphatic heterocycles. The third-order valence-corrected chi connectivity index (χ3v) is 6.86. The minimum atomic E-state index is -0.987. The molecule has 1 spiro atoms. The zero-order chi connectivity index (χ0) is 24.9. The SMILES string of the molecule is Cc1noc2nc(-c3ccco3)cc(C(=O)OCC(=O)N3c4ccccc4NC(=O)C34CCCC4)c12. The first-order valence-corrected chi connectivity index (χ1v) is 11.7. The first kappa shape index (κ1) is 22.0. The lowest BCUT2D eigenvalue weighted by atomic mass is 9.90. The highest BCUT2D eigenvalue weighted by molar-refractivity contribution is 6.15. The second kappa shape index (κ2) is 8.33. The lowest BCUT2D eigenvalue weighted by molar-refractivity contribution is -0.129. The molecule has 1 aromatic carbocycles. The third kappa shape index (κ3) is 3.36. The zero-order valence-corrected chi connectivity index (χ0v) is 19.4. The number of esters is 1. The number of hydrogen-bond donors (Lipinski definition) is 1. The monoisotopic (exact) mass is 486 g/mol. The van der Waals surface area contributed by atoms with Crippen LogP contribution in [0.5, 0.6) is 0 Å². The number of hydrogen-bond acceptors (Lipinski definition) is 8. The fourth-order valence-electron chi connectivity index (χ4n) is 5.20. The average molecular weight is 486 g/mol. The Morgan fingerprint density at radius 3 is 2.75 bits per heavy atom. The molecule has 0 radical (unpaired) electrons. The van der Waals surface area contributed by atoms with Crippen LogP contribution in [0.25, 0.3) is 22.6 Å². The fraction of sp³-hybridized carbons (Fsp3) is 0.269. The summed E-state index contributed by atoms with van der Waals surface area (Å²) in [5.74, 6) is -0.969. The van der Waals surface area contributed by atoms with Crippen LogP contribution in [-0.4, -0.2) is 40.1 Å². The Morgan fingerprint density at radius 2 is 1.97 bits per heavy atom. The van der Waals surface area contributed by atoms with Gasteiger partial charge in [0.2, 0.25) is 0 Å². The average Bonchev–Trinajstić information content (AvgIpc) is 3.65. The summed E-state index contributed by atoms with van der Waals surface area (Å²) in [5, 5.41) is 7.25. The summed E-state index contributed by atoms with van der Waals surface area (Å²) >= 11 is 0. The van der Waals surface area contributed by atoms with Gasteiger partial charge in [-0.2, -0.15) is 0 Å². The first-order chi connectivity index (χ1) is 17.5. The van der Waals surface area contributed by atoms with Crippen molar-refractivity contribution in [3.05, 3.63) is 60.0 Å². The van der Waals surface area contributed by atoms with Gasteiger partial charge in [-0.3, -0.25) is 14.5 Å². The molecule has 10 nitrogen and oxygen atoms in total. The predicted molar refractivity (Wildman–Crippen MR) is 128 cm³/mol. The lowest BCUT2D eigenvalue weighted by Gasteiger charge is -2.44. The van der Waals surface area contributed by atoms with E-state index in [1.807, 2.05) is 6.07 Å². The van der Waals surface area contributed by atoms with E-state index in [4.69, 9.17) is 13.7 Å². The van der Waals surface area contributed by atoms with Gasteiger partial charge in [0, 0.05) is 0 Å². The van der Waals surface area contributed by atoms with Gasteiger partial charge in [-0.15, -0.1) is 0 Å². The van der Waals surface area contributed by atoms with Gasteiger partial charge in [-0.25, -0.2) is 9.78 Å². The van der Waals surface area contributed by atoms with Crippen LogP contribution in [0.2, 0.25) is 0 Å². The van der Waals surface area contributed by atoms with E-state index in [1.165, 1.54) is 17.2 Å². The van der Waals surface area contributed by atoms with E-state index in [1.54, 1.807) is 37.3 Å². The van der Waals surface area contributed by atoms with E-state index in [-0.39, 0.29) is 17.2 Å². The number of anilines is 2. The fourth-order valence-corrected chi connectivity index (χ4v) is 5.20. The van der Waals surface area contributed by atoms with Crippen molar-refractivity contribution >= 4 is 40.3 Å². The second-order valence-corrected chi connectivity index (χ2v) is 9.00. The van der Waals surface area contributed by atoms with Gasteiger partial charge in [0.15, 0.2) is 12.4 Å². The first-order valence-electron chi connectivity index (χ1n) is 11.7. The normalized spacial score (nSPS) is 16.2. The number of para-hydroxylation sites is 2. The molecule has 1 saturated carbocycles. The molecule has 3 aromatic heterocycles. The number of pyridine rings is 1. The van der Waals surface area contributed by atoms with Gasteiger partial charge in [0.25, 0.3) is 17.5 Å². The summed E-state index contributed by atoms with van der Waals surface area (Å²) in [6.07, 6.45) is 4.25. The topological polar surface area (TPSA) is 128 Å². The van der Waals surface area contributed by atoms with Crippen LogP contribution in [0.1, 0.15) is 41.7 Å². The van der Waals surface area contributed by atoms with Gasteiger partial charge in [0.1, 0.15) is 11.2 Å². The lowest BCUT2D eigenvalue weighted by Crippen LogP contribution is -2.61. The largest absolute Gasteiger partial charge is 0.463 e. The highest BCUT2D eigenvalue weighted by Gasteiger charge is 2.52. The van der Waals surface area contributed by atoms with Crippen LogP contribution in [0, 0.1) is 6.92 Å². The van der Waals surface area contributed by atoms with Crippen molar-refractivity contribution in [2.75, 3.05) is 16.8 Å². The molecule has 1 fully saturated rings. The van der Waals surface area contributed by atoms with E-state index in [0.29, 0.717) is 46.8 Å². The van der Waals surface area contributed by atoms with Crippen LogP contribution in [-0.2, 0) is 14.3 Å². The predicted octanol–water partition coefficient (Wildman–Crippen LogP) is 4.25.